The van der Waals surface area contributed by atoms with Gasteiger partial charge in [0.2, 0.25) is 0 Å². The van der Waals surface area contributed by atoms with Crippen LogP contribution in [0.4, 0.5) is 0 Å². The summed E-state index contributed by atoms with van der Waals surface area (Å²) in [5, 5.41) is 0. The number of Topliss-reactive ketones (excluding diaryl/α,β-unsaturated/α-hetero) is 1. The lowest BCUT2D eigenvalue weighted by Crippen LogP contribution is -2.40. The van der Waals surface area contributed by atoms with Gasteiger partial charge in [0.05, 0.1) is 12.1 Å². The first-order valence-electron chi connectivity index (χ1n) is 6.62. The summed E-state index contributed by atoms with van der Waals surface area (Å²) in [5.41, 5.74) is 0.810. The summed E-state index contributed by atoms with van der Waals surface area (Å²) in [7, 11) is 1.74. The lowest BCUT2D eigenvalue weighted by Gasteiger charge is -2.25. The molecular weight excluding hydrogens is 226 g/mol. The monoisotopic (exact) mass is 247 g/mol. The Kier molecular flexibility index (Phi) is 4.50. The SMILES string of the molecule is CCC(C(=O)c1ccccc1)N1CCC(OC)C1. The maximum Gasteiger partial charge on any atom is 0.179 e. The fourth-order valence-corrected chi connectivity index (χ4v) is 2.63. The molecule has 1 heterocycles. The van der Waals surface area contributed by atoms with Crippen LogP contribution in [0.15, 0.2) is 30.3 Å². The molecule has 0 aliphatic carbocycles. The van der Waals surface area contributed by atoms with Crippen LogP contribution in [0.3, 0.4) is 0 Å². The molecule has 1 aromatic rings. The number of ketones is 1. The fraction of sp³-hybridized carbons (Fsp3) is 0.533. The van der Waals surface area contributed by atoms with Gasteiger partial charge >= 0.3 is 0 Å². The number of methoxy groups -OCH3 is 1. The number of nitrogens with zero attached hydrogens (tertiary/aromatic N) is 1. The van der Waals surface area contributed by atoms with Crippen molar-refractivity contribution < 1.29 is 9.53 Å². The van der Waals surface area contributed by atoms with Crippen molar-refractivity contribution in [2.24, 2.45) is 0 Å². The van der Waals surface area contributed by atoms with Crippen molar-refractivity contribution in [2.45, 2.75) is 31.9 Å². The maximum absolute atomic E-state index is 12.5. The minimum Gasteiger partial charge on any atom is -0.380 e. The first-order valence-corrected chi connectivity index (χ1v) is 6.62. The van der Waals surface area contributed by atoms with E-state index in [4.69, 9.17) is 4.74 Å². The van der Waals surface area contributed by atoms with E-state index in [9.17, 15) is 4.79 Å². The van der Waals surface area contributed by atoms with E-state index in [1.165, 1.54) is 0 Å². The van der Waals surface area contributed by atoms with E-state index in [0.717, 1.165) is 31.5 Å². The Balaban J connectivity index is 2.07. The predicted octanol–water partition coefficient (Wildman–Crippen LogP) is 2.37. The van der Waals surface area contributed by atoms with Crippen LogP contribution in [0.5, 0.6) is 0 Å². The summed E-state index contributed by atoms with van der Waals surface area (Å²) < 4.78 is 5.37. The van der Waals surface area contributed by atoms with Gasteiger partial charge in [0.15, 0.2) is 5.78 Å². The van der Waals surface area contributed by atoms with Crippen LogP contribution in [0.2, 0.25) is 0 Å². The molecule has 0 radical (unpaired) electrons. The van der Waals surface area contributed by atoms with Gasteiger partial charge in [0, 0.05) is 25.8 Å². The van der Waals surface area contributed by atoms with Crippen molar-refractivity contribution >= 4 is 5.78 Å². The fourth-order valence-electron chi connectivity index (χ4n) is 2.63. The molecule has 1 fully saturated rings. The molecule has 0 aromatic heterocycles. The highest BCUT2D eigenvalue weighted by molar-refractivity contribution is 6.00. The van der Waals surface area contributed by atoms with Gasteiger partial charge in [-0.05, 0) is 12.8 Å². The zero-order valence-corrected chi connectivity index (χ0v) is 11.1. The first kappa shape index (κ1) is 13.2. The van der Waals surface area contributed by atoms with Crippen molar-refractivity contribution in [1.29, 1.82) is 0 Å². The third-order valence-corrected chi connectivity index (χ3v) is 3.70. The number of likely N-dealkylation sites (tertiary alicyclic amines) is 1. The average Bonchev–Trinajstić information content (AvgIpc) is 2.89. The summed E-state index contributed by atoms with van der Waals surface area (Å²) in [6.45, 7) is 3.90. The van der Waals surface area contributed by atoms with E-state index >= 15 is 0 Å². The molecule has 3 nitrogen and oxygen atoms in total. The molecular formula is C15H21NO2. The molecule has 0 spiro atoms. The lowest BCUT2D eigenvalue weighted by molar-refractivity contribution is 0.0773. The molecule has 1 aliphatic heterocycles. The molecule has 0 saturated carbocycles. The molecule has 2 atom stereocenters. The van der Waals surface area contributed by atoms with Gasteiger partial charge < -0.3 is 4.74 Å². The third-order valence-electron chi connectivity index (χ3n) is 3.70. The number of rotatable bonds is 5. The van der Waals surface area contributed by atoms with E-state index in [1.807, 2.05) is 30.3 Å². The predicted molar refractivity (Wildman–Crippen MR) is 71.8 cm³/mol. The number of ether oxygens (including phenoxy) is 1. The molecule has 18 heavy (non-hydrogen) atoms. The zero-order valence-electron chi connectivity index (χ0n) is 11.1. The summed E-state index contributed by atoms with van der Waals surface area (Å²) in [4.78, 5) is 14.7. The van der Waals surface area contributed by atoms with Crippen molar-refractivity contribution in [1.82, 2.24) is 4.90 Å². The zero-order chi connectivity index (χ0) is 13.0. The van der Waals surface area contributed by atoms with Gasteiger partial charge in [0.25, 0.3) is 0 Å². The average molecular weight is 247 g/mol. The Bertz CT molecular complexity index is 391. The van der Waals surface area contributed by atoms with E-state index in [0.29, 0.717) is 0 Å². The van der Waals surface area contributed by atoms with E-state index in [-0.39, 0.29) is 17.9 Å². The Morgan fingerprint density at radius 2 is 2.17 bits per heavy atom. The van der Waals surface area contributed by atoms with Gasteiger partial charge in [-0.2, -0.15) is 0 Å². The largest absolute Gasteiger partial charge is 0.380 e. The van der Waals surface area contributed by atoms with Crippen molar-refractivity contribution in [3.05, 3.63) is 35.9 Å². The lowest BCUT2D eigenvalue weighted by atomic mass is 10.0. The highest BCUT2D eigenvalue weighted by Gasteiger charge is 2.31. The number of hydrogen-bond acceptors (Lipinski definition) is 3. The van der Waals surface area contributed by atoms with Gasteiger partial charge in [-0.25, -0.2) is 0 Å². The van der Waals surface area contributed by atoms with Crippen molar-refractivity contribution in [3.63, 3.8) is 0 Å². The second-order valence-electron chi connectivity index (χ2n) is 4.80. The van der Waals surface area contributed by atoms with Crippen LogP contribution >= 0.6 is 0 Å². The number of benzene rings is 1. The van der Waals surface area contributed by atoms with Gasteiger partial charge in [-0.15, -0.1) is 0 Å². The van der Waals surface area contributed by atoms with E-state index in [2.05, 4.69) is 11.8 Å². The van der Waals surface area contributed by atoms with Crippen LogP contribution in [0.1, 0.15) is 30.1 Å². The Hall–Kier alpha value is -1.19. The van der Waals surface area contributed by atoms with Crippen LogP contribution < -0.4 is 0 Å². The maximum atomic E-state index is 12.5. The molecule has 2 rings (SSSR count). The molecule has 1 saturated heterocycles. The van der Waals surface area contributed by atoms with Crippen molar-refractivity contribution in [2.75, 3.05) is 20.2 Å². The third kappa shape index (κ3) is 2.79. The molecule has 0 N–H and O–H groups in total. The Morgan fingerprint density at radius 1 is 1.44 bits per heavy atom. The molecule has 2 unspecified atom stereocenters. The number of hydrogen-bond donors (Lipinski definition) is 0. The summed E-state index contributed by atoms with van der Waals surface area (Å²) >= 11 is 0. The highest BCUT2D eigenvalue weighted by atomic mass is 16.5. The minimum atomic E-state index is -0.00690. The van der Waals surface area contributed by atoms with Crippen LogP contribution in [0, 0.1) is 0 Å². The Morgan fingerprint density at radius 3 is 2.72 bits per heavy atom. The summed E-state index contributed by atoms with van der Waals surface area (Å²) in [5.74, 6) is 0.231. The molecule has 1 aromatic carbocycles. The van der Waals surface area contributed by atoms with Gasteiger partial charge in [-0.3, -0.25) is 9.69 Å². The minimum absolute atomic E-state index is 0.00690. The van der Waals surface area contributed by atoms with E-state index in [1.54, 1.807) is 7.11 Å². The molecule has 3 heteroatoms. The normalized spacial score (nSPS) is 22.0. The smallest absolute Gasteiger partial charge is 0.179 e. The molecule has 0 amide bonds. The molecule has 98 valence electrons. The Labute approximate surface area is 109 Å². The standard InChI is InChI=1S/C15H21NO2/c1-3-14(16-10-9-13(11-16)18-2)15(17)12-7-5-4-6-8-12/h4-8,13-14H,3,9-11H2,1-2H3. The summed E-state index contributed by atoms with van der Waals surface area (Å²) in [6.07, 6.45) is 2.15. The molecule has 1 aliphatic rings. The van der Waals surface area contributed by atoms with Gasteiger partial charge in [0.1, 0.15) is 0 Å². The van der Waals surface area contributed by atoms with Crippen LogP contribution in [0.25, 0.3) is 0 Å². The highest BCUT2D eigenvalue weighted by Crippen LogP contribution is 2.19. The van der Waals surface area contributed by atoms with E-state index < -0.39 is 0 Å². The summed E-state index contributed by atoms with van der Waals surface area (Å²) in [6, 6.07) is 9.56. The molecule has 0 bridgehead atoms. The van der Waals surface area contributed by atoms with Crippen LogP contribution in [-0.4, -0.2) is 43.0 Å². The number of carbonyl (C=O) groups is 1. The van der Waals surface area contributed by atoms with Crippen LogP contribution in [-0.2, 0) is 4.74 Å². The van der Waals surface area contributed by atoms with Crippen molar-refractivity contribution in [3.8, 4) is 0 Å². The number of carbonyl (C=O) groups excluding carboxylic acids is 1. The van der Waals surface area contributed by atoms with Gasteiger partial charge in [-0.1, -0.05) is 37.3 Å². The quantitative estimate of drug-likeness (QED) is 0.748. The topological polar surface area (TPSA) is 29.5 Å². The first-order chi connectivity index (χ1) is 8.76. The second kappa shape index (κ2) is 6.12. The second-order valence-corrected chi connectivity index (χ2v) is 4.80.